The molecule has 0 N–H and O–H groups in total. The van der Waals surface area contributed by atoms with Gasteiger partial charge in [-0.25, -0.2) is 0 Å². The Balaban J connectivity index is 4.65. The lowest BCUT2D eigenvalue weighted by atomic mass is 10.1. The van der Waals surface area contributed by atoms with Crippen molar-refractivity contribution in [2.45, 2.75) is 194 Å². The number of unbranched alkanes of at least 4 members (excludes halogenated alkanes) is 13. The average Bonchev–Trinajstić information content (AvgIpc) is 3.30. The van der Waals surface area contributed by atoms with Crippen LogP contribution in [0.2, 0.25) is 0 Å². The van der Waals surface area contributed by atoms with Gasteiger partial charge in [-0.1, -0.05) is 218 Å². The molecule has 0 radical (unpaired) electrons. The molecule has 0 saturated carbocycles. The number of hydrogen-bond donors (Lipinski definition) is 0. The monoisotopic (exact) mass is 895 g/mol. The zero-order chi connectivity index (χ0) is 47.2. The molecule has 1 unspecified atom stereocenters. The lowest BCUT2D eigenvalue weighted by Crippen LogP contribution is -2.30. The van der Waals surface area contributed by atoms with E-state index in [-0.39, 0.29) is 50.4 Å². The fourth-order valence-electron chi connectivity index (χ4n) is 6.21. The number of carbonyl (C=O) groups is 3. The van der Waals surface area contributed by atoms with Gasteiger partial charge in [-0.2, -0.15) is 0 Å². The minimum atomic E-state index is -0.846. The van der Waals surface area contributed by atoms with E-state index in [1.54, 1.807) is 0 Å². The van der Waals surface area contributed by atoms with E-state index in [1.807, 2.05) is 60.8 Å². The number of ether oxygens (including phenoxy) is 3. The van der Waals surface area contributed by atoms with Gasteiger partial charge in [0.25, 0.3) is 0 Å². The van der Waals surface area contributed by atoms with Crippen molar-refractivity contribution in [3.05, 3.63) is 146 Å². The van der Waals surface area contributed by atoms with Crippen LogP contribution in [-0.2, 0) is 28.6 Å². The molecule has 0 aromatic rings. The molecule has 65 heavy (non-hydrogen) atoms. The minimum Gasteiger partial charge on any atom is -0.462 e. The summed E-state index contributed by atoms with van der Waals surface area (Å²) in [5.41, 5.74) is 0. The molecule has 6 nitrogen and oxygen atoms in total. The van der Waals surface area contributed by atoms with Crippen molar-refractivity contribution in [2.75, 3.05) is 13.2 Å². The first-order valence-electron chi connectivity index (χ1n) is 25.4. The molecule has 0 heterocycles. The first-order valence-corrected chi connectivity index (χ1v) is 25.4. The van der Waals surface area contributed by atoms with Crippen molar-refractivity contribution in [1.82, 2.24) is 0 Å². The SMILES string of the molecule is CC\C=C/C=C\C=C/C=C\C=C/CCCCCC(=O)OCC(COC(=O)CC/C=C\C/C=C\C/C=C\C/C=C\C/C=C\CC)OC(=O)CCCCC/C=C\C=C/CCCCCCCCC. The van der Waals surface area contributed by atoms with E-state index >= 15 is 0 Å². The van der Waals surface area contributed by atoms with Crippen molar-refractivity contribution in [1.29, 1.82) is 0 Å². The Kier molecular flexibility index (Phi) is 48.2. The molecule has 0 rings (SSSR count). The first kappa shape index (κ1) is 60.3. The second-order valence-corrected chi connectivity index (χ2v) is 16.1. The molecule has 0 aliphatic heterocycles. The number of allylic oxidation sites excluding steroid dienone is 24. The van der Waals surface area contributed by atoms with Gasteiger partial charge in [0.05, 0.1) is 0 Å². The Morgan fingerprint density at radius 2 is 0.708 bits per heavy atom. The van der Waals surface area contributed by atoms with Gasteiger partial charge in [0.1, 0.15) is 13.2 Å². The third-order valence-electron chi connectivity index (χ3n) is 9.98. The minimum absolute atomic E-state index is 0.140. The second kappa shape index (κ2) is 51.9. The van der Waals surface area contributed by atoms with Crippen LogP contribution in [0.1, 0.15) is 188 Å². The largest absolute Gasteiger partial charge is 0.462 e. The summed E-state index contributed by atoms with van der Waals surface area (Å²) >= 11 is 0. The summed E-state index contributed by atoms with van der Waals surface area (Å²) in [4.78, 5) is 37.9. The van der Waals surface area contributed by atoms with Crippen LogP contribution in [0.25, 0.3) is 0 Å². The van der Waals surface area contributed by atoms with Crippen LogP contribution in [0.5, 0.6) is 0 Å². The molecule has 0 aromatic heterocycles. The summed E-state index contributed by atoms with van der Waals surface area (Å²) in [6.07, 6.45) is 74.1. The third-order valence-corrected chi connectivity index (χ3v) is 9.98. The molecule has 0 aliphatic carbocycles. The van der Waals surface area contributed by atoms with E-state index < -0.39 is 6.10 Å². The number of carbonyl (C=O) groups excluding carboxylic acids is 3. The van der Waals surface area contributed by atoms with E-state index in [4.69, 9.17) is 14.2 Å². The van der Waals surface area contributed by atoms with Crippen LogP contribution in [0.4, 0.5) is 0 Å². The smallest absolute Gasteiger partial charge is 0.306 e. The molecular formula is C59H90O6. The zero-order valence-corrected chi connectivity index (χ0v) is 41.2. The van der Waals surface area contributed by atoms with Crippen molar-refractivity contribution in [3.8, 4) is 0 Å². The number of esters is 3. The van der Waals surface area contributed by atoms with Gasteiger partial charge in [0.15, 0.2) is 6.10 Å². The molecule has 0 aromatic carbocycles. The zero-order valence-electron chi connectivity index (χ0n) is 41.2. The van der Waals surface area contributed by atoms with Crippen LogP contribution in [0.15, 0.2) is 146 Å². The van der Waals surface area contributed by atoms with E-state index in [0.717, 1.165) is 83.5 Å². The molecule has 1 atom stereocenters. The molecule has 6 heteroatoms. The topological polar surface area (TPSA) is 78.9 Å². The number of hydrogen-bond acceptors (Lipinski definition) is 6. The second-order valence-electron chi connectivity index (χ2n) is 16.1. The highest BCUT2D eigenvalue weighted by atomic mass is 16.6. The van der Waals surface area contributed by atoms with Gasteiger partial charge in [0, 0.05) is 19.3 Å². The third kappa shape index (κ3) is 50.2. The van der Waals surface area contributed by atoms with Gasteiger partial charge in [0.2, 0.25) is 0 Å². The van der Waals surface area contributed by atoms with Gasteiger partial charge in [-0.05, 0) is 96.3 Å². The fraction of sp³-hybridized carbons (Fsp3) is 0.542. The molecule has 0 bridgehead atoms. The fourth-order valence-corrected chi connectivity index (χ4v) is 6.21. The van der Waals surface area contributed by atoms with Crippen molar-refractivity contribution in [3.63, 3.8) is 0 Å². The summed E-state index contributed by atoms with van der Waals surface area (Å²) < 4.78 is 16.7. The summed E-state index contributed by atoms with van der Waals surface area (Å²) in [6.45, 7) is 6.22. The molecule has 0 amide bonds. The maximum Gasteiger partial charge on any atom is 0.306 e. The van der Waals surface area contributed by atoms with Crippen molar-refractivity contribution < 1.29 is 28.6 Å². The summed E-state index contributed by atoms with van der Waals surface area (Å²) in [6, 6.07) is 0. The highest BCUT2D eigenvalue weighted by Crippen LogP contribution is 2.11. The predicted molar refractivity (Wildman–Crippen MR) is 279 cm³/mol. The lowest BCUT2D eigenvalue weighted by Gasteiger charge is -2.18. The number of rotatable bonds is 43. The van der Waals surface area contributed by atoms with E-state index in [2.05, 4.69) is 106 Å². The normalized spacial score (nSPS) is 13.3. The quantitative estimate of drug-likeness (QED) is 0.0199. The van der Waals surface area contributed by atoms with E-state index in [0.29, 0.717) is 19.3 Å². The van der Waals surface area contributed by atoms with Crippen LogP contribution < -0.4 is 0 Å². The van der Waals surface area contributed by atoms with Crippen LogP contribution in [0.3, 0.4) is 0 Å². The summed E-state index contributed by atoms with van der Waals surface area (Å²) in [5.74, 6) is -1.10. The lowest BCUT2D eigenvalue weighted by molar-refractivity contribution is -0.166. The van der Waals surface area contributed by atoms with Crippen molar-refractivity contribution >= 4 is 17.9 Å². The van der Waals surface area contributed by atoms with Gasteiger partial charge in [-0.3, -0.25) is 14.4 Å². The average molecular weight is 895 g/mol. The molecule has 0 saturated heterocycles. The van der Waals surface area contributed by atoms with E-state index in [1.165, 1.54) is 44.9 Å². The Morgan fingerprint density at radius 1 is 0.338 bits per heavy atom. The van der Waals surface area contributed by atoms with Gasteiger partial charge >= 0.3 is 17.9 Å². The highest BCUT2D eigenvalue weighted by Gasteiger charge is 2.19. The highest BCUT2D eigenvalue weighted by molar-refractivity contribution is 5.71. The molecule has 0 spiro atoms. The molecular weight excluding hydrogens is 805 g/mol. The first-order chi connectivity index (χ1) is 32.0. The van der Waals surface area contributed by atoms with Crippen LogP contribution >= 0.6 is 0 Å². The maximum absolute atomic E-state index is 12.8. The van der Waals surface area contributed by atoms with Gasteiger partial charge < -0.3 is 14.2 Å². The van der Waals surface area contributed by atoms with E-state index in [9.17, 15) is 14.4 Å². The predicted octanol–water partition coefficient (Wildman–Crippen LogP) is 16.9. The Morgan fingerprint density at radius 3 is 1.20 bits per heavy atom. The molecule has 0 aliphatic rings. The van der Waals surface area contributed by atoms with Crippen LogP contribution in [0, 0.1) is 0 Å². The van der Waals surface area contributed by atoms with Crippen LogP contribution in [-0.4, -0.2) is 37.2 Å². The van der Waals surface area contributed by atoms with Gasteiger partial charge in [-0.15, -0.1) is 0 Å². The molecule has 362 valence electrons. The summed E-state index contributed by atoms with van der Waals surface area (Å²) in [7, 11) is 0. The Labute approximate surface area is 397 Å². The molecule has 0 fully saturated rings. The Bertz CT molecular complexity index is 1490. The summed E-state index contributed by atoms with van der Waals surface area (Å²) in [5, 5.41) is 0. The Hall–Kier alpha value is -4.71. The standard InChI is InChI=1S/C59H90O6/c1-4-7-10-13-16-19-22-25-28-31-34-37-40-43-46-49-52-58(61)64-55-56(54-63-57(60)51-48-45-42-39-36-33-30-27-24-21-18-15-12-9-6-3)65-59(62)53-50-47-44-41-38-35-32-29-26-23-20-17-14-11-8-5-2/h7,9-10,12,15-16,18-19,21,24-25,27-30,32-38,43,46,56H,4-6,8,11,13-14,17,20,22-23,26,31,39-42,44-45,47-55H2,1-3H3/b10-7-,12-9-,18-15-,19-16-,24-21-,28-25-,30-27-,32-29-,36-33-,37-34-,38-35-,46-43-. The van der Waals surface area contributed by atoms with Crippen molar-refractivity contribution in [2.24, 2.45) is 0 Å². The maximum atomic E-state index is 12.8.